The van der Waals surface area contributed by atoms with E-state index < -0.39 is 0 Å². The number of carbonyl (C=O) groups is 1. The molecule has 1 aliphatic rings. The van der Waals surface area contributed by atoms with Gasteiger partial charge in [0.25, 0.3) is 0 Å². The van der Waals surface area contributed by atoms with Crippen LogP contribution in [0.1, 0.15) is 18.1 Å². The van der Waals surface area contributed by atoms with Crippen LogP contribution in [0, 0.1) is 5.92 Å². The van der Waals surface area contributed by atoms with Gasteiger partial charge in [-0.15, -0.1) is 0 Å². The van der Waals surface area contributed by atoms with Gasteiger partial charge in [0.05, 0.1) is 6.10 Å². The Balaban J connectivity index is 1.98. The molecule has 0 unspecified atom stereocenters. The Kier molecular flexibility index (Phi) is 3.94. The van der Waals surface area contributed by atoms with Crippen molar-refractivity contribution in [2.45, 2.75) is 12.5 Å². The van der Waals surface area contributed by atoms with Crippen molar-refractivity contribution in [3.8, 4) is 0 Å². The Morgan fingerprint density at radius 1 is 1.47 bits per heavy atom. The summed E-state index contributed by atoms with van der Waals surface area (Å²) in [5.74, 6) is 0.227. The van der Waals surface area contributed by atoms with Gasteiger partial charge in [-0.2, -0.15) is 0 Å². The van der Waals surface area contributed by atoms with Crippen LogP contribution >= 0.6 is 0 Å². The topological polar surface area (TPSA) is 38.3 Å². The van der Waals surface area contributed by atoms with Crippen molar-refractivity contribution in [1.82, 2.24) is 5.32 Å². The van der Waals surface area contributed by atoms with Crippen molar-refractivity contribution in [2.24, 2.45) is 5.92 Å². The fourth-order valence-electron chi connectivity index (χ4n) is 2.16. The van der Waals surface area contributed by atoms with Crippen molar-refractivity contribution >= 4 is 5.91 Å². The molecule has 90 valence electrons. The molecule has 0 aliphatic carbocycles. The number of benzene rings is 1. The molecule has 2 rings (SSSR count). The fourth-order valence-corrected chi connectivity index (χ4v) is 2.16. The predicted molar refractivity (Wildman–Crippen MR) is 66.4 cm³/mol. The SMILES string of the molecule is C=CC(=O)NC[C@@H]1CCO[C@H]1c1ccccc1. The van der Waals surface area contributed by atoms with E-state index in [1.807, 2.05) is 18.2 Å². The molecule has 1 aliphatic heterocycles. The molecule has 1 fully saturated rings. The van der Waals surface area contributed by atoms with Crippen LogP contribution in [0.5, 0.6) is 0 Å². The highest BCUT2D eigenvalue weighted by atomic mass is 16.5. The lowest BCUT2D eigenvalue weighted by molar-refractivity contribution is -0.116. The number of nitrogens with one attached hydrogen (secondary N) is 1. The van der Waals surface area contributed by atoms with Crippen LogP contribution in [-0.2, 0) is 9.53 Å². The van der Waals surface area contributed by atoms with Crippen LogP contribution in [0.3, 0.4) is 0 Å². The lowest BCUT2D eigenvalue weighted by Gasteiger charge is -2.18. The second kappa shape index (κ2) is 5.64. The minimum Gasteiger partial charge on any atom is -0.373 e. The van der Waals surface area contributed by atoms with Crippen molar-refractivity contribution < 1.29 is 9.53 Å². The molecule has 1 aromatic rings. The van der Waals surface area contributed by atoms with E-state index in [9.17, 15) is 4.79 Å². The van der Waals surface area contributed by atoms with Gasteiger partial charge in [0.1, 0.15) is 0 Å². The molecule has 0 bridgehead atoms. The molecule has 1 amide bonds. The average Bonchev–Trinajstić information content (AvgIpc) is 2.85. The summed E-state index contributed by atoms with van der Waals surface area (Å²) in [5, 5.41) is 2.84. The van der Waals surface area contributed by atoms with Crippen molar-refractivity contribution in [2.75, 3.05) is 13.2 Å². The number of ether oxygens (including phenoxy) is 1. The number of carbonyl (C=O) groups excluding carboxylic acids is 1. The van der Waals surface area contributed by atoms with Crippen LogP contribution in [0.2, 0.25) is 0 Å². The van der Waals surface area contributed by atoms with E-state index in [-0.39, 0.29) is 12.0 Å². The smallest absolute Gasteiger partial charge is 0.243 e. The molecule has 0 aromatic heterocycles. The zero-order valence-corrected chi connectivity index (χ0v) is 9.76. The Bertz CT molecular complexity index is 388. The summed E-state index contributed by atoms with van der Waals surface area (Å²) in [5.41, 5.74) is 1.18. The molecule has 1 heterocycles. The standard InChI is InChI=1S/C14H17NO2/c1-2-13(16)15-10-12-8-9-17-14(12)11-6-4-3-5-7-11/h2-7,12,14H,1,8-10H2,(H,15,16)/t12-,14-/m0/s1. The third kappa shape index (κ3) is 2.94. The summed E-state index contributed by atoms with van der Waals surface area (Å²) in [6, 6.07) is 10.1. The Hall–Kier alpha value is -1.61. The van der Waals surface area contributed by atoms with E-state index in [2.05, 4.69) is 24.0 Å². The molecular weight excluding hydrogens is 214 g/mol. The third-order valence-corrected chi connectivity index (χ3v) is 3.07. The van der Waals surface area contributed by atoms with Crippen LogP contribution in [0.25, 0.3) is 0 Å². The number of rotatable bonds is 4. The number of hydrogen-bond acceptors (Lipinski definition) is 2. The molecule has 17 heavy (non-hydrogen) atoms. The first kappa shape index (κ1) is 11.9. The van der Waals surface area contributed by atoms with E-state index in [0.29, 0.717) is 12.5 Å². The lowest BCUT2D eigenvalue weighted by atomic mass is 9.95. The molecule has 0 spiro atoms. The molecule has 1 aromatic carbocycles. The maximum atomic E-state index is 11.1. The number of amides is 1. The van der Waals surface area contributed by atoms with Gasteiger partial charge in [-0.25, -0.2) is 0 Å². The molecule has 3 nitrogen and oxygen atoms in total. The maximum Gasteiger partial charge on any atom is 0.243 e. The molecular formula is C14H17NO2. The second-order valence-electron chi connectivity index (χ2n) is 4.20. The normalized spacial score (nSPS) is 23.3. The van der Waals surface area contributed by atoms with Crippen molar-refractivity contribution in [3.05, 3.63) is 48.6 Å². The summed E-state index contributed by atoms with van der Waals surface area (Å²) < 4.78 is 5.74. The molecule has 2 atom stereocenters. The minimum absolute atomic E-state index is 0.0984. The largest absolute Gasteiger partial charge is 0.373 e. The van der Waals surface area contributed by atoms with Gasteiger partial charge in [-0.3, -0.25) is 4.79 Å². The fraction of sp³-hybridized carbons (Fsp3) is 0.357. The summed E-state index contributed by atoms with van der Waals surface area (Å²) >= 11 is 0. The summed E-state index contributed by atoms with van der Waals surface area (Å²) in [7, 11) is 0. The van der Waals surface area contributed by atoms with Crippen molar-refractivity contribution in [1.29, 1.82) is 0 Å². The zero-order chi connectivity index (χ0) is 12.1. The van der Waals surface area contributed by atoms with Gasteiger partial charge in [0, 0.05) is 19.1 Å². The molecule has 3 heteroatoms. The van der Waals surface area contributed by atoms with Gasteiger partial charge in [0.2, 0.25) is 5.91 Å². The summed E-state index contributed by atoms with van der Waals surface area (Å²) in [6.07, 6.45) is 2.38. The van der Waals surface area contributed by atoms with Crippen LogP contribution in [0.15, 0.2) is 43.0 Å². The minimum atomic E-state index is -0.122. The van der Waals surface area contributed by atoms with Crippen LogP contribution < -0.4 is 5.32 Å². The zero-order valence-electron chi connectivity index (χ0n) is 9.76. The van der Waals surface area contributed by atoms with E-state index in [4.69, 9.17) is 4.74 Å². The van der Waals surface area contributed by atoms with Gasteiger partial charge in [-0.05, 0) is 18.1 Å². The first-order valence-electron chi connectivity index (χ1n) is 5.88. The highest BCUT2D eigenvalue weighted by Crippen LogP contribution is 2.33. The first-order valence-corrected chi connectivity index (χ1v) is 5.88. The first-order chi connectivity index (χ1) is 8.31. The molecule has 1 N–H and O–H groups in total. The summed E-state index contributed by atoms with van der Waals surface area (Å²) in [6.45, 7) is 4.84. The third-order valence-electron chi connectivity index (χ3n) is 3.07. The second-order valence-corrected chi connectivity index (χ2v) is 4.20. The maximum absolute atomic E-state index is 11.1. The molecule has 0 saturated carbocycles. The lowest BCUT2D eigenvalue weighted by Crippen LogP contribution is -2.29. The summed E-state index contributed by atoms with van der Waals surface area (Å²) in [4.78, 5) is 11.1. The van der Waals surface area contributed by atoms with Gasteiger partial charge >= 0.3 is 0 Å². The van der Waals surface area contributed by atoms with E-state index in [0.717, 1.165) is 13.0 Å². The van der Waals surface area contributed by atoms with Gasteiger partial charge in [-0.1, -0.05) is 36.9 Å². The quantitative estimate of drug-likeness (QED) is 0.806. The van der Waals surface area contributed by atoms with E-state index in [1.54, 1.807) is 0 Å². The van der Waals surface area contributed by atoms with E-state index in [1.165, 1.54) is 11.6 Å². The Labute approximate surface area is 101 Å². The van der Waals surface area contributed by atoms with Crippen LogP contribution in [0.4, 0.5) is 0 Å². The highest BCUT2D eigenvalue weighted by Gasteiger charge is 2.29. The molecule has 1 saturated heterocycles. The monoisotopic (exact) mass is 231 g/mol. The highest BCUT2D eigenvalue weighted by molar-refractivity contribution is 5.86. The average molecular weight is 231 g/mol. The van der Waals surface area contributed by atoms with Crippen LogP contribution in [-0.4, -0.2) is 19.1 Å². The Morgan fingerprint density at radius 3 is 2.94 bits per heavy atom. The molecule has 0 radical (unpaired) electrons. The number of hydrogen-bond donors (Lipinski definition) is 1. The van der Waals surface area contributed by atoms with Gasteiger partial charge < -0.3 is 10.1 Å². The van der Waals surface area contributed by atoms with E-state index >= 15 is 0 Å². The predicted octanol–water partition coefficient (Wildman–Crippen LogP) is 2.07. The van der Waals surface area contributed by atoms with Crippen molar-refractivity contribution in [3.63, 3.8) is 0 Å². The van der Waals surface area contributed by atoms with Gasteiger partial charge in [0.15, 0.2) is 0 Å². The Morgan fingerprint density at radius 2 is 2.24 bits per heavy atom.